The first-order chi connectivity index (χ1) is 9.85. The van der Waals surface area contributed by atoms with Gasteiger partial charge in [0.05, 0.1) is 33.8 Å². The van der Waals surface area contributed by atoms with E-state index in [1.165, 1.54) is 21.3 Å². The number of amides is 1. The fourth-order valence-corrected chi connectivity index (χ4v) is 3.63. The number of rotatable bonds is 5. The van der Waals surface area contributed by atoms with Crippen LogP contribution in [0, 0.1) is 0 Å². The molecule has 1 saturated heterocycles. The molecule has 7 nitrogen and oxygen atoms in total. The summed E-state index contributed by atoms with van der Waals surface area (Å²) >= 11 is 0. The van der Waals surface area contributed by atoms with Crippen LogP contribution in [0.15, 0.2) is 12.1 Å². The molecule has 0 spiro atoms. The van der Waals surface area contributed by atoms with Crippen LogP contribution >= 0.6 is 10.7 Å². The van der Waals surface area contributed by atoms with Gasteiger partial charge in [0.25, 0.3) is 0 Å². The molecule has 1 amide bonds. The molecule has 1 aliphatic heterocycles. The number of nitrogens with zero attached hydrogens (tertiary/aromatic N) is 1. The van der Waals surface area contributed by atoms with E-state index in [0.29, 0.717) is 27.1 Å². The van der Waals surface area contributed by atoms with Crippen molar-refractivity contribution in [3.8, 4) is 17.2 Å². The molecule has 1 aliphatic rings. The van der Waals surface area contributed by atoms with Gasteiger partial charge in [-0.2, -0.15) is 8.42 Å². The van der Waals surface area contributed by atoms with Gasteiger partial charge >= 0.3 is 9.24 Å². The minimum Gasteiger partial charge on any atom is -0.493 e. The summed E-state index contributed by atoms with van der Waals surface area (Å²) < 4.78 is 39.2. The van der Waals surface area contributed by atoms with Gasteiger partial charge in [0.2, 0.25) is 11.7 Å². The number of hydrogen-bond donors (Lipinski definition) is 0. The summed E-state index contributed by atoms with van der Waals surface area (Å²) in [6.07, 6.45) is 0.0256. The van der Waals surface area contributed by atoms with Crippen LogP contribution in [0.5, 0.6) is 17.2 Å². The van der Waals surface area contributed by atoms with Crippen molar-refractivity contribution >= 4 is 25.8 Å². The molecular formula is C12H14ClNO6S. The first-order valence-electron chi connectivity index (χ1n) is 5.90. The molecule has 0 aromatic heterocycles. The van der Waals surface area contributed by atoms with Crippen molar-refractivity contribution < 1.29 is 27.4 Å². The van der Waals surface area contributed by atoms with Gasteiger partial charge in [0, 0.05) is 16.2 Å². The summed E-state index contributed by atoms with van der Waals surface area (Å²) in [6.45, 7) is 0. The van der Waals surface area contributed by atoms with Crippen molar-refractivity contribution in [3.63, 3.8) is 0 Å². The quantitative estimate of drug-likeness (QED) is 0.598. The van der Waals surface area contributed by atoms with Crippen molar-refractivity contribution in [2.75, 3.05) is 21.3 Å². The van der Waals surface area contributed by atoms with Crippen LogP contribution in [-0.4, -0.2) is 40.0 Å². The summed E-state index contributed by atoms with van der Waals surface area (Å²) in [7, 11) is 5.46. The van der Waals surface area contributed by atoms with Crippen molar-refractivity contribution in [1.29, 1.82) is 0 Å². The highest BCUT2D eigenvalue weighted by Crippen LogP contribution is 2.48. The van der Waals surface area contributed by atoms with E-state index >= 15 is 0 Å². The third kappa shape index (κ3) is 2.60. The second-order valence-electron chi connectivity index (χ2n) is 4.28. The smallest absolute Gasteiger partial charge is 0.324 e. The van der Waals surface area contributed by atoms with Crippen LogP contribution in [0.1, 0.15) is 18.0 Å². The molecule has 0 bridgehead atoms. The fourth-order valence-electron chi connectivity index (χ4n) is 2.30. The van der Waals surface area contributed by atoms with Crippen LogP contribution in [0.2, 0.25) is 0 Å². The van der Waals surface area contributed by atoms with Gasteiger partial charge in [-0.15, -0.1) is 0 Å². The van der Waals surface area contributed by atoms with E-state index in [1.807, 2.05) is 0 Å². The zero-order chi connectivity index (χ0) is 15.8. The van der Waals surface area contributed by atoms with Crippen molar-refractivity contribution in [2.24, 2.45) is 0 Å². The molecule has 2 rings (SSSR count). The maximum Gasteiger partial charge on any atom is 0.324 e. The van der Waals surface area contributed by atoms with Crippen molar-refractivity contribution in [1.82, 2.24) is 4.31 Å². The Kier molecular flexibility index (Phi) is 4.20. The topological polar surface area (TPSA) is 82.1 Å². The average molecular weight is 336 g/mol. The lowest BCUT2D eigenvalue weighted by Crippen LogP contribution is -2.48. The first-order valence-corrected chi connectivity index (χ1v) is 8.17. The van der Waals surface area contributed by atoms with E-state index in [9.17, 15) is 13.2 Å². The second-order valence-corrected chi connectivity index (χ2v) is 6.66. The molecular weight excluding hydrogens is 322 g/mol. The van der Waals surface area contributed by atoms with Crippen LogP contribution in [-0.2, 0) is 14.0 Å². The Hall–Kier alpha value is -1.67. The van der Waals surface area contributed by atoms with Gasteiger partial charge in [0.1, 0.15) is 0 Å². The predicted octanol–water partition coefficient (Wildman–Crippen LogP) is 1.47. The largest absolute Gasteiger partial charge is 0.493 e. The summed E-state index contributed by atoms with van der Waals surface area (Å²) in [5.74, 6) is 0.499. The number of carbonyl (C=O) groups excluding carboxylic acids is 1. The molecule has 1 aromatic carbocycles. The number of methoxy groups -OCH3 is 3. The highest BCUT2D eigenvalue weighted by molar-refractivity contribution is 8.12. The Morgan fingerprint density at radius 1 is 1.14 bits per heavy atom. The fraction of sp³-hybridized carbons (Fsp3) is 0.417. The summed E-state index contributed by atoms with van der Waals surface area (Å²) in [5.41, 5.74) is 0.485. The number of hydrogen-bond acceptors (Lipinski definition) is 6. The Morgan fingerprint density at radius 2 is 1.76 bits per heavy atom. The maximum atomic E-state index is 11.5. The SMILES string of the molecule is COc1ccc(C2CC(=O)N2S(=O)(=O)Cl)c(OC)c1OC. The standard InChI is InChI=1S/C12H14ClNO6S/c1-18-9-5-4-7(11(19-2)12(9)20-3)8-6-10(15)14(8)21(13,16)17/h4-5,8H,6H2,1-3H3. The number of carbonyl (C=O) groups is 1. The van der Waals surface area contributed by atoms with Crippen LogP contribution in [0.25, 0.3) is 0 Å². The summed E-state index contributed by atoms with van der Waals surface area (Å²) in [6, 6.07) is 2.51. The molecule has 1 aromatic rings. The van der Waals surface area contributed by atoms with Crippen molar-refractivity contribution in [3.05, 3.63) is 17.7 Å². The molecule has 116 valence electrons. The van der Waals surface area contributed by atoms with E-state index in [1.54, 1.807) is 12.1 Å². The van der Waals surface area contributed by atoms with Gasteiger partial charge < -0.3 is 14.2 Å². The minimum atomic E-state index is -4.14. The lowest BCUT2D eigenvalue weighted by Gasteiger charge is -2.38. The van der Waals surface area contributed by atoms with Crippen LogP contribution < -0.4 is 14.2 Å². The van der Waals surface area contributed by atoms with Crippen molar-refractivity contribution in [2.45, 2.75) is 12.5 Å². The Morgan fingerprint density at radius 3 is 2.19 bits per heavy atom. The van der Waals surface area contributed by atoms with Gasteiger partial charge in [0.15, 0.2) is 11.5 Å². The Bertz CT molecular complexity index is 675. The van der Waals surface area contributed by atoms with Crippen LogP contribution in [0.3, 0.4) is 0 Å². The highest BCUT2D eigenvalue weighted by atomic mass is 35.7. The first kappa shape index (κ1) is 15.7. The molecule has 21 heavy (non-hydrogen) atoms. The third-order valence-electron chi connectivity index (χ3n) is 3.23. The van der Waals surface area contributed by atoms with Gasteiger partial charge in [-0.3, -0.25) is 4.79 Å². The number of halogens is 1. The lowest BCUT2D eigenvalue weighted by molar-refractivity contribution is -0.137. The molecule has 0 aliphatic carbocycles. The average Bonchev–Trinajstić information content (AvgIpc) is 2.40. The molecule has 9 heteroatoms. The number of ether oxygens (including phenoxy) is 3. The van der Waals surface area contributed by atoms with Crippen LogP contribution in [0.4, 0.5) is 0 Å². The van der Waals surface area contributed by atoms with Gasteiger partial charge in [-0.05, 0) is 12.1 Å². The van der Waals surface area contributed by atoms with Gasteiger partial charge in [-0.1, -0.05) is 0 Å². The monoisotopic (exact) mass is 335 g/mol. The van der Waals surface area contributed by atoms with E-state index < -0.39 is 21.2 Å². The Labute approximate surface area is 126 Å². The van der Waals surface area contributed by atoms with E-state index in [2.05, 4.69) is 0 Å². The zero-order valence-corrected chi connectivity index (χ0v) is 13.2. The highest BCUT2D eigenvalue weighted by Gasteiger charge is 2.46. The van der Waals surface area contributed by atoms with E-state index in [-0.39, 0.29) is 6.42 Å². The number of β-lactam (4-membered cyclic amide) rings is 1. The maximum absolute atomic E-state index is 11.5. The molecule has 1 heterocycles. The lowest BCUT2D eigenvalue weighted by atomic mass is 9.95. The third-order valence-corrected chi connectivity index (χ3v) is 4.60. The van der Waals surface area contributed by atoms with E-state index in [4.69, 9.17) is 24.9 Å². The van der Waals surface area contributed by atoms with Gasteiger partial charge in [-0.25, -0.2) is 4.31 Å². The molecule has 0 saturated carbocycles. The molecule has 0 radical (unpaired) electrons. The Balaban J connectivity index is 2.53. The molecule has 1 unspecified atom stereocenters. The summed E-state index contributed by atoms with van der Waals surface area (Å²) in [4.78, 5) is 11.5. The molecule has 1 fully saturated rings. The zero-order valence-electron chi connectivity index (χ0n) is 11.6. The second kappa shape index (κ2) is 5.61. The van der Waals surface area contributed by atoms with E-state index in [0.717, 1.165) is 0 Å². The molecule has 1 atom stereocenters. The normalized spacial score (nSPS) is 18.2. The summed E-state index contributed by atoms with van der Waals surface area (Å²) in [5, 5.41) is 0. The molecule has 0 N–H and O–H groups in total. The number of benzene rings is 1. The predicted molar refractivity (Wildman–Crippen MR) is 75.1 cm³/mol. The minimum absolute atomic E-state index is 0.0256.